The molecule has 0 aromatic carbocycles. The molecule has 0 heterocycles. The van der Waals surface area contributed by atoms with Crippen LogP contribution in [0.2, 0.25) is 0 Å². The van der Waals surface area contributed by atoms with Crippen LogP contribution in [0.4, 0.5) is 0 Å². The van der Waals surface area contributed by atoms with Crippen molar-refractivity contribution in [3.05, 3.63) is 0 Å². The molecule has 102 valence electrons. The summed E-state index contributed by atoms with van der Waals surface area (Å²) in [5.74, 6) is 0.894. The van der Waals surface area contributed by atoms with Crippen LogP contribution in [0.1, 0.15) is 39.0 Å². The fourth-order valence-corrected chi connectivity index (χ4v) is 2.51. The van der Waals surface area contributed by atoms with Crippen LogP contribution in [-0.4, -0.2) is 51.3 Å². The summed E-state index contributed by atoms with van der Waals surface area (Å²) in [6.45, 7) is 6.01. The second kappa shape index (κ2) is 8.90. The first-order chi connectivity index (χ1) is 8.20. The first-order valence-corrected chi connectivity index (χ1v) is 7.16. The Hall–Kier alpha value is -0.120. The standard InChI is InChI=1S/C14H30N2O/c1-13(14-7-5-4-6-8-14)15-9-11-17-12-10-16(2)3/h13-15H,4-12H2,1-3H3. The van der Waals surface area contributed by atoms with Gasteiger partial charge < -0.3 is 15.0 Å². The van der Waals surface area contributed by atoms with Gasteiger partial charge in [0.15, 0.2) is 0 Å². The van der Waals surface area contributed by atoms with Gasteiger partial charge in [-0.05, 0) is 39.8 Å². The van der Waals surface area contributed by atoms with Crippen LogP contribution in [0.25, 0.3) is 0 Å². The van der Waals surface area contributed by atoms with Crippen molar-refractivity contribution in [2.24, 2.45) is 5.92 Å². The lowest BCUT2D eigenvalue weighted by molar-refractivity contribution is 0.115. The molecule has 1 atom stereocenters. The highest BCUT2D eigenvalue weighted by Gasteiger charge is 2.18. The predicted octanol–water partition coefficient (Wildman–Crippen LogP) is 2.12. The molecule has 0 aromatic rings. The molecule has 1 aliphatic carbocycles. The van der Waals surface area contributed by atoms with Gasteiger partial charge in [-0.1, -0.05) is 19.3 Å². The van der Waals surface area contributed by atoms with Gasteiger partial charge >= 0.3 is 0 Å². The summed E-state index contributed by atoms with van der Waals surface area (Å²) in [4.78, 5) is 2.15. The summed E-state index contributed by atoms with van der Waals surface area (Å²) in [6.07, 6.45) is 7.12. The van der Waals surface area contributed by atoms with E-state index in [-0.39, 0.29) is 0 Å². The van der Waals surface area contributed by atoms with Crippen molar-refractivity contribution in [1.29, 1.82) is 0 Å². The summed E-state index contributed by atoms with van der Waals surface area (Å²) in [7, 11) is 4.15. The van der Waals surface area contributed by atoms with E-state index in [2.05, 4.69) is 31.2 Å². The lowest BCUT2D eigenvalue weighted by atomic mass is 9.84. The molecule has 1 rings (SSSR count). The Morgan fingerprint density at radius 3 is 2.53 bits per heavy atom. The Morgan fingerprint density at radius 1 is 1.18 bits per heavy atom. The van der Waals surface area contributed by atoms with Gasteiger partial charge in [-0.3, -0.25) is 0 Å². The zero-order valence-electron chi connectivity index (χ0n) is 11.9. The van der Waals surface area contributed by atoms with Gasteiger partial charge in [0.1, 0.15) is 0 Å². The first-order valence-electron chi connectivity index (χ1n) is 7.16. The molecule has 1 saturated carbocycles. The van der Waals surface area contributed by atoms with Gasteiger partial charge in [0.05, 0.1) is 13.2 Å². The zero-order chi connectivity index (χ0) is 12.5. The molecule has 3 nitrogen and oxygen atoms in total. The highest BCUT2D eigenvalue weighted by molar-refractivity contribution is 4.75. The largest absolute Gasteiger partial charge is 0.379 e. The summed E-state index contributed by atoms with van der Waals surface area (Å²) in [6, 6.07) is 0.660. The van der Waals surface area contributed by atoms with E-state index in [0.29, 0.717) is 6.04 Å². The molecule has 3 heteroatoms. The number of nitrogens with zero attached hydrogens (tertiary/aromatic N) is 1. The maximum Gasteiger partial charge on any atom is 0.0593 e. The number of rotatable bonds is 8. The van der Waals surface area contributed by atoms with Crippen molar-refractivity contribution >= 4 is 0 Å². The fourth-order valence-electron chi connectivity index (χ4n) is 2.51. The zero-order valence-corrected chi connectivity index (χ0v) is 11.9. The Balaban J connectivity index is 1.94. The molecule has 0 bridgehead atoms. The summed E-state index contributed by atoms with van der Waals surface area (Å²) in [5.41, 5.74) is 0. The van der Waals surface area contributed by atoms with Crippen molar-refractivity contribution in [2.75, 3.05) is 40.4 Å². The second-order valence-corrected chi connectivity index (χ2v) is 5.56. The van der Waals surface area contributed by atoms with Crippen molar-refractivity contribution in [1.82, 2.24) is 10.2 Å². The van der Waals surface area contributed by atoms with E-state index in [9.17, 15) is 0 Å². The molecule has 1 N–H and O–H groups in total. The molecule has 1 unspecified atom stereocenters. The summed E-state index contributed by atoms with van der Waals surface area (Å²) < 4.78 is 5.58. The van der Waals surface area contributed by atoms with Crippen molar-refractivity contribution in [2.45, 2.75) is 45.1 Å². The topological polar surface area (TPSA) is 24.5 Å². The third kappa shape index (κ3) is 7.02. The molecule has 1 fully saturated rings. The van der Waals surface area contributed by atoms with Gasteiger partial charge in [0, 0.05) is 19.1 Å². The van der Waals surface area contributed by atoms with Gasteiger partial charge in [0.25, 0.3) is 0 Å². The molecule has 0 amide bonds. The maximum absolute atomic E-state index is 5.58. The Bertz CT molecular complexity index is 179. The van der Waals surface area contributed by atoms with Crippen molar-refractivity contribution in [3.63, 3.8) is 0 Å². The normalized spacial score (nSPS) is 19.8. The van der Waals surface area contributed by atoms with Gasteiger partial charge in [0.2, 0.25) is 0 Å². The van der Waals surface area contributed by atoms with Gasteiger partial charge in [-0.15, -0.1) is 0 Å². The molecule has 1 aliphatic rings. The maximum atomic E-state index is 5.58. The molecule has 0 spiro atoms. The molecule has 0 radical (unpaired) electrons. The minimum absolute atomic E-state index is 0.660. The Morgan fingerprint density at radius 2 is 1.88 bits per heavy atom. The van der Waals surface area contributed by atoms with Crippen LogP contribution < -0.4 is 5.32 Å². The van der Waals surface area contributed by atoms with E-state index in [1.54, 1.807) is 0 Å². The monoisotopic (exact) mass is 242 g/mol. The Labute approximate surface area is 107 Å². The van der Waals surface area contributed by atoms with Crippen LogP contribution in [-0.2, 0) is 4.74 Å². The van der Waals surface area contributed by atoms with Crippen molar-refractivity contribution < 1.29 is 4.74 Å². The number of ether oxygens (including phenoxy) is 1. The summed E-state index contributed by atoms with van der Waals surface area (Å²) >= 11 is 0. The highest BCUT2D eigenvalue weighted by Crippen LogP contribution is 2.26. The third-order valence-corrected chi connectivity index (χ3v) is 3.75. The number of hydrogen-bond donors (Lipinski definition) is 1. The average molecular weight is 242 g/mol. The number of hydrogen-bond acceptors (Lipinski definition) is 3. The van der Waals surface area contributed by atoms with Crippen LogP contribution in [0, 0.1) is 5.92 Å². The minimum atomic E-state index is 0.660. The lowest BCUT2D eigenvalue weighted by Gasteiger charge is -2.28. The van der Waals surface area contributed by atoms with Crippen molar-refractivity contribution in [3.8, 4) is 0 Å². The SMILES string of the molecule is CC(NCCOCCN(C)C)C1CCCCC1. The Kier molecular flexibility index (Phi) is 7.82. The van der Waals surface area contributed by atoms with E-state index in [0.717, 1.165) is 32.2 Å². The van der Waals surface area contributed by atoms with E-state index in [1.807, 2.05) is 0 Å². The first kappa shape index (κ1) is 14.9. The molecule has 0 saturated heterocycles. The molecule has 17 heavy (non-hydrogen) atoms. The van der Waals surface area contributed by atoms with Gasteiger partial charge in [-0.2, -0.15) is 0 Å². The summed E-state index contributed by atoms with van der Waals surface area (Å²) in [5, 5.41) is 3.60. The number of nitrogens with one attached hydrogen (secondary N) is 1. The van der Waals surface area contributed by atoms with E-state index >= 15 is 0 Å². The molecular weight excluding hydrogens is 212 g/mol. The van der Waals surface area contributed by atoms with E-state index < -0.39 is 0 Å². The van der Waals surface area contributed by atoms with Crippen LogP contribution in [0.3, 0.4) is 0 Å². The van der Waals surface area contributed by atoms with Crippen LogP contribution >= 0.6 is 0 Å². The van der Waals surface area contributed by atoms with E-state index in [1.165, 1.54) is 32.1 Å². The molecule has 0 aromatic heterocycles. The predicted molar refractivity (Wildman–Crippen MR) is 73.4 cm³/mol. The third-order valence-electron chi connectivity index (χ3n) is 3.75. The fraction of sp³-hybridized carbons (Fsp3) is 1.00. The average Bonchev–Trinajstić information content (AvgIpc) is 2.34. The lowest BCUT2D eigenvalue weighted by Crippen LogP contribution is -2.36. The number of likely N-dealkylation sites (N-methyl/N-ethyl adjacent to an activating group) is 1. The minimum Gasteiger partial charge on any atom is -0.379 e. The van der Waals surface area contributed by atoms with E-state index in [4.69, 9.17) is 4.74 Å². The molecular formula is C14H30N2O. The quantitative estimate of drug-likeness (QED) is 0.660. The smallest absolute Gasteiger partial charge is 0.0593 e. The van der Waals surface area contributed by atoms with Crippen LogP contribution in [0.5, 0.6) is 0 Å². The van der Waals surface area contributed by atoms with Crippen LogP contribution in [0.15, 0.2) is 0 Å². The highest BCUT2D eigenvalue weighted by atomic mass is 16.5. The van der Waals surface area contributed by atoms with Gasteiger partial charge in [-0.25, -0.2) is 0 Å². The second-order valence-electron chi connectivity index (χ2n) is 5.56. The molecule has 0 aliphatic heterocycles.